The maximum atomic E-state index is 12.2. The van der Waals surface area contributed by atoms with Crippen molar-refractivity contribution >= 4 is 0 Å². The van der Waals surface area contributed by atoms with E-state index in [2.05, 4.69) is 0 Å². The van der Waals surface area contributed by atoms with Gasteiger partial charge in [0, 0.05) is 6.42 Å². The van der Waals surface area contributed by atoms with Gasteiger partial charge >= 0.3 is 6.18 Å². The number of alkyl halides is 3. The molecule has 1 atom stereocenters. The summed E-state index contributed by atoms with van der Waals surface area (Å²) in [7, 11) is 0. The molecule has 0 spiro atoms. The molecule has 0 saturated carbocycles. The molecule has 4 heteroatoms. The summed E-state index contributed by atoms with van der Waals surface area (Å²) in [4.78, 5) is 0. The van der Waals surface area contributed by atoms with Gasteiger partial charge in [0.25, 0.3) is 0 Å². The Morgan fingerprint density at radius 1 is 1.11 bits per heavy atom. The molecule has 1 nitrogen and oxygen atoms in total. The Morgan fingerprint density at radius 3 is 2.17 bits per heavy atom. The summed E-state index contributed by atoms with van der Waals surface area (Å²) in [5, 5.41) is 9.93. The van der Waals surface area contributed by atoms with Crippen molar-refractivity contribution in [2.75, 3.05) is 0 Å². The van der Waals surface area contributed by atoms with Crippen molar-refractivity contribution in [3.8, 4) is 0 Å². The van der Waals surface area contributed by atoms with Gasteiger partial charge in [0.1, 0.15) is 0 Å². The number of aliphatic hydroxyl groups excluding tert-OH is 1. The quantitative estimate of drug-likeness (QED) is 0.856. The first-order chi connectivity index (χ1) is 8.11. The minimum atomic E-state index is -4.22. The van der Waals surface area contributed by atoms with Crippen molar-refractivity contribution in [1.82, 2.24) is 0 Å². The lowest BCUT2D eigenvalue weighted by molar-refractivity contribution is -0.140. The maximum Gasteiger partial charge on any atom is 0.389 e. The summed E-state index contributed by atoms with van der Waals surface area (Å²) in [6.45, 7) is 5.92. The van der Waals surface area contributed by atoms with Crippen LogP contribution in [0, 0.1) is 0 Å². The summed E-state index contributed by atoms with van der Waals surface area (Å²) in [6, 6.07) is 7.12. The smallest absolute Gasteiger partial charge is 0.388 e. The number of halogens is 3. The van der Waals surface area contributed by atoms with Crippen LogP contribution in [0.3, 0.4) is 0 Å². The molecule has 1 aromatic carbocycles. The molecule has 1 rings (SSSR count). The Kier molecular flexibility index (Phi) is 4.43. The average molecular weight is 260 g/mol. The van der Waals surface area contributed by atoms with Crippen LogP contribution in [0.1, 0.15) is 50.8 Å². The molecular weight excluding hydrogens is 241 g/mol. The highest BCUT2D eigenvalue weighted by Crippen LogP contribution is 2.33. The predicted molar refractivity (Wildman–Crippen MR) is 65.4 cm³/mol. The third-order valence-electron chi connectivity index (χ3n) is 2.83. The molecule has 18 heavy (non-hydrogen) atoms. The van der Waals surface area contributed by atoms with Crippen LogP contribution in [-0.2, 0) is 5.41 Å². The van der Waals surface area contributed by atoms with Crippen molar-refractivity contribution in [2.24, 2.45) is 0 Å². The molecule has 0 aliphatic carbocycles. The lowest BCUT2D eigenvalue weighted by atomic mass is 9.82. The van der Waals surface area contributed by atoms with Crippen molar-refractivity contribution < 1.29 is 18.3 Å². The first-order valence-electron chi connectivity index (χ1n) is 5.95. The topological polar surface area (TPSA) is 20.2 Å². The Balaban J connectivity index is 2.89. The first kappa shape index (κ1) is 15.0. The Labute approximate surface area is 106 Å². The highest BCUT2D eigenvalue weighted by atomic mass is 19.4. The van der Waals surface area contributed by atoms with Crippen LogP contribution in [0.5, 0.6) is 0 Å². The molecule has 0 bridgehead atoms. The zero-order valence-electron chi connectivity index (χ0n) is 10.9. The summed E-state index contributed by atoms with van der Waals surface area (Å²) in [6.07, 6.45) is -6.55. The van der Waals surface area contributed by atoms with E-state index in [1.807, 2.05) is 32.9 Å². The summed E-state index contributed by atoms with van der Waals surface area (Å²) < 4.78 is 36.5. The summed E-state index contributed by atoms with van der Waals surface area (Å²) in [5.74, 6) is 0. The van der Waals surface area contributed by atoms with Gasteiger partial charge in [-0.15, -0.1) is 0 Å². The van der Waals surface area contributed by atoms with Crippen LogP contribution < -0.4 is 0 Å². The Bertz CT molecular complexity index is 391. The van der Waals surface area contributed by atoms with Crippen molar-refractivity contribution in [1.29, 1.82) is 0 Å². The number of hydrogen-bond donors (Lipinski definition) is 1. The minimum Gasteiger partial charge on any atom is -0.388 e. The predicted octanol–water partition coefficient (Wildman–Crippen LogP) is 4.36. The molecule has 1 N–H and O–H groups in total. The zero-order valence-corrected chi connectivity index (χ0v) is 10.9. The van der Waals surface area contributed by atoms with Crippen LogP contribution >= 0.6 is 0 Å². The number of rotatable bonds is 3. The van der Waals surface area contributed by atoms with Crippen LogP contribution in [0.4, 0.5) is 13.2 Å². The van der Waals surface area contributed by atoms with Gasteiger partial charge in [-0.1, -0.05) is 45.0 Å². The standard InChI is InChI=1S/C14H19F3O/c1-13(2,3)11-7-5-4-6-10(11)12(18)8-9-14(15,16)17/h4-7,12,18H,8-9H2,1-3H3. The van der Waals surface area contributed by atoms with Gasteiger partial charge in [0.2, 0.25) is 0 Å². The summed E-state index contributed by atoms with van der Waals surface area (Å²) >= 11 is 0. The number of benzene rings is 1. The molecule has 102 valence electrons. The highest BCUT2D eigenvalue weighted by Gasteiger charge is 2.29. The van der Waals surface area contributed by atoms with E-state index in [4.69, 9.17) is 0 Å². The largest absolute Gasteiger partial charge is 0.389 e. The number of hydrogen-bond acceptors (Lipinski definition) is 1. The van der Waals surface area contributed by atoms with Gasteiger partial charge in [-0.05, 0) is 23.0 Å². The molecule has 0 aliphatic rings. The fraction of sp³-hybridized carbons (Fsp3) is 0.571. The Hall–Kier alpha value is -1.03. The van der Waals surface area contributed by atoms with E-state index in [9.17, 15) is 18.3 Å². The van der Waals surface area contributed by atoms with Gasteiger partial charge in [0.05, 0.1) is 6.10 Å². The van der Waals surface area contributed by atoms with Gasteiger partial charge in [-0.3, -0.25) is 0 Å². The van der Waals surface area contributed by atoms with Crippen LogP contribution in [0.15, 0.2) is 24.3 Å². The van der Waals surface area contributed by atoms with Crippen molar-refractivity contribution in [3.63, 3.8) is 0 Å². The zero-order chi connectivity index (χ0) is 14.0. The molecule has 1 unspecified atom stereocenters. The van der Waals surface area contributed by atoms with Crippen molar-refractivity contribution in [2.45, 2.75) is 51.3 Å². The molecule has 1 aromatic rings. The molecule has 0 saturated heterocycles. The summed E-state index contributed by atoms with van der Waals surface area (Å²) in [5.41, 5.74) is 1.28. The third-order valence-corrected chi connectivity index (χ3v) is 2.83. The van der Waals surface area contributed by atoms with E-state index in [1.54, 1.807) is 12.1 Å². The minimum absolute atomic E-state index is 0.199. The molecule has 0 fully saturated rings. The SMILES string of the molecule is CC(C)(C)c1ccccc1C(O)CCC(F)(F)F. The number of aliphatic hydroxyl groups is 1. The molecule has 0 aromatic heterocycles. The first-order valence-corrected chi connectivity index (χ1v) is 5.95. The van der Waals surface area contributed by atoms with Crippen LogP contribution in [0.25, 0.3) is 0 Å². The molecule has 0 heterocycles. The van der Waals surface area contributed by atoms with Gasteiger partial charge in [0.15, 0.2) is 0 Å². The van der Waals surface area contributed by atoms with Crippen LogP contribution in [-0.4, -0.2) is 11.3 Å². The van der Waals surface area contributed by atoms with E-state index in [1.165, 1.54) is 0 Å². The van der Waals surface area contributed by atoms with Gasteiger partial charge in [-0.25, -0.2) is 0 Å². The monoisotopic (exact) mass is 260 g/mol. The lowest BCUT2D eigenvalue weighted by Crippen LogP contribution is -2.17. The van der Waals surface area contributed by atoms with Crippen LogP contribution in [0.2, 0.25) is 0 Å². The Morgan fingerprint density at radius 2 is 1.67 bits per heavy atom. The van der Waals surface area contributed by atoms with Gasteiger partial charge < -0.3 is 5.11 Å². The molecular formula is C14H19F3O. The third kappa shape index (κ3) is 4.33. The maximum absolute atomic E-state index is 12.2. The normalized spacial score (nSPS) is 14.6. The molecule has 0 aliphatic heterocycles. The fourth-order valence-electron chi connectivity index (χ4n) is 1.93. The van der Waals surface area contributed by atoms with E-state index >= 15 is 0 Å². The second kappa shape index (κ2) is 5.31. The lowest BCUT2D eigenvalue weighted by Gasteiger charge is -2.25. The second-order valence-corrected chi connectivity index (χ2v) is 5.51. The second-order valence-electron chi connectivity index (χ2n) is 5.51. The van der Waals surface area contributed by atoms with E-state index in [0.717, 1.165) is 5.56 Å². The van der Waals surface area contributed by atoms with E-state index in [0.29, 0.717) is 5.56 Å². The van der Waals surface area contributed by atoms with E-state index in [-0.39, 0.29) is 11.8 Å². The van der Waals surface area contributed by atoms with Crippen molar-refractivity contribution in [3.05, 3.63) is 35.4 Å². The highest BCUT2D eigenvalue weighted by molar-refractivity contribution is 5.34. The van der Waals surface area contributed by atoms with E-state index < -0.39 is 18.7 Å². The fourth-order valence-corrected chi connectivity index (χ4v) is 1.93. The average Bonchev–Trinajstić information content (AvgIpc) is 2.24. The molecule has 0 radical (unpaired) electrons. The molecule has 0 amide bonds. The van der Waals surface area contributed by atoms with Gasteiger partial charge in [-0.2, -0.15) is 13.2 Å².